The van der Waals surface area contributed by atoms with Crippen LogP contribution >= 0.6 is 0 Å². The van der Waals surface area contributed by atoms with Gasteiger partial charge in [-0.1, -0.05) is 6.42 Å². The van der Waals surface area contributed by atoms with Gasteiger partial charge in [-0.2, -0.15) is 0 Å². The zero-order chi connectivity index (χ0) is 11.5. The Balaban J connectivity index is 1.77. The minimum absolute atomic E-state index is 0.491. The molecule has 0 aromatic carbocycles. The second kappa shape index (κ2) is 5.19. The van der Waals surface area contributed by atoms with Crippen LogP contribution in [-0.2, 0) is 4.74 Å². The van der Waals surface area contributed by atoms with E-state index in [1.165, 1.54) is 37.8 Å². The van der Waals surface area contributed by atoms with Gasteiger partial charge >= 0.3 is 0 Å². The normalized spacial score (nSPS) is 30.4. The van der Waals surface area contributed by atoms with Crippen LogP contribution in [-0.4, -0.2) is 29.3 Å². The SMILES string of the molecule is c1ncn(C2CCCOC2)c1C1CCCCN1. The zero-order valence-corrected chi connectivity index (χ0v) is 10.3. The van der Waals surface area contributed by atoms with Gasteiger partial charge in [0.1, 0.15) is 0 Å². The highest BCUT2D eigenvalue weighted by Crippen LogP contribution is 2.27. The molecule has 1 aromatic rings. The van der Waals surface area contributed by atoms with Crippen LogP contribution in [0, 0.1) is 0 Å². The summed E-state index contributed by atoms with van der Waals surface area (Å²) in [5.41, 5.74) is 1.35. The molecule has 0 bridgehead atoms. The fraction of sp³-hybridized carbons (Fsp3) is 0.769. The van der Waals surface area contributed by atoms with Crippen molar-refractivity contribution < 1.29 is 4.74 Å². The summed E-state index contributed by atoms with van der Waals surface area (Å²) in [6.07, 6.45) is 10.2. The summed E-state index contributed by atoms with van der Waals surface area (Å²) in [6, 6.07) is 0.984. The van der Waals surface area contributed by atoms with Gasteiger partial charge in [-0.15, -0.1) is 0 Å². The van der Waals surface area contributed by atoms with E-state index in [2.05, 4.69) is 14.9 Å². The van der Waals surface area contributed by atoms with E-state index in [4.69, 9.17) is 4.74 Å². The molecule has 2 atom stereocenters. The predicted molar refractivity (Wildman–Crippen MR) is 65.9 cm³/mol. The Morgan fingerprint density at radius 1 is 1.29 bits per heavy atom. The number of nitrogens with one attached hydrogen (secondary N) is 1. The molecule has 17 heavy (non-hydrogen) atoms. The Morgan fingerprint density at radius 2 is 2.29 bits per heavy atom. The molecule has 0 saturated carbocycles. The summed E-state index contributed by atoms with van der Waals surface area (Å²) in [5, 5.41) is 3.60. The van der Waals surface area contributed by atoms with E-state index in [0.717, 1.165) is 19.8 Å². The largest absolute Gasteiger partial charge is 0.379 e. The molecule has 0 spiro atoms. The van der Waals surface area contributed by atoms with Crippen molar-refractivity contribution in [3.63, 3.8) is 0 Å². The highest BCUT2D eigenvalue weighted by Gasteiger charge is 2.23. The molecule has 2 aliphatic rings. The summed E-state index contributed by atoms with van der Waals surface area (Å²) in [7, 11) is 0. The molecule has 4 nitrogen and oxygen atoms in total. The van der Waals surface area contributed by atoms with Crippen LogP contribution in [0.1, 0.15) is 49.9 Å². The van der Waals surface area contributed by atoms with Gasteiger partial charge in [-0.25, -0.2) is 4.98 Å². The quantitative estimate of drug-likeness (QED) is 0.852. The van der Waals surface area contributed by atoms with Crippen LogP contribution in [0.4, 0.5) is 0 Å². The molecular formula is C13H21N3O. The predicted octanol–water partition coefficient (Wildman–Crippen LogP) is 2.05. The van der Waals surface area contributed by atoms with Crippen molar-refractivity contribution in [2.45, 2.75) is 44.2 Å². The number of nitrogens with zero attached hydrogens (tertiary/aromatic N) is 2. The van der Waals surface area contributed by atoms with E-state index in [0.29, 0.717) is 12.1 Å². The first-order chi connectivity index (χ1) is 8.45. The van der Waals surface area contributed by atoms with Crippen molar-refractivity contribution in [2.24, 2.45) is 0 Å². The maximum absolute atomic E-state index is 5.58. The molecule has 1 N–H and O–H groups in total. The molecule has 0 amide bonds. The van der Waals surface area contributed by atoms with E-state index < -0.39 is 0 Å². The number of ether oxygens (including phenoxy) is 1. The lowest BCUT2D eigenvalue weighted by molar-refractivity contribution is 0.0575. The van der Waals surface area contributed by atoms with E-state index in [9.17, 15) is 0 Å². The van der Waals surface area contributed by atoms with Gasteiger partial charge in [0.15, 0.2) is 0 Å². The first kappa shape index (κ1) is 11.2. The minimum Gasteiger partial charge on any atom is -0.379 e. The van der Waals surface area contributed by atoms with Crippen molar-refractivity contribution in [1.82, 2.24) is 14.9 Å². The van der Waals surface area contributed by atoms with E-state index in [-0.39, 0.29) is 0 Å². The number of hydrogen-bond donors (Lipinski definition) is 1. The van der Waals surface area contributed by atoms with E-state index in [1.807, 2.05) is 12.5 Å². The van der Waals surface area contributed by atoms with Crippen molar-refractivity contribution in [1.29, 1.82) is 0 Å². The number of imidazole rings is 1. The molecule has 2 unspecified atom stereocenters. The van der Waals surface area contributed by atoms with Crippen LogP contribution in [0.2, 0.25) is 0 Å². The number of hydrogen-bond acceptors (Lipinski definition) is 3. The first-order valence-corrected chi connectivity index (χ1v) is 6.78. The topological polar surface area (TPSA) is 39.1 Å². The fourth-order valence-corrected chi connectivity index (χ4v) is 2.94. The Kier molecular flexibility index (Phi) is 3.43. The van der Waals surface area contributed by atoms with E-state index >= 15 is 0 Å². The van der Waals surface area contributed by atoms with Gasteiger partial charge in [0.2, 0.25) is 0 Å². The second-order valence-electron chi connectivity index (χ2n) is 5.10. The van der Waals surface area contributed by atoms with Gasteiger partial charge in [0.25, 0.3) is 0 Å². The maximum atomic E-state index is 5.58. The Hall–Kier alpha value is -0.870. The van der Waals surface area contributed by atoms with Gasteiger partial charge in [-0.3, -0.25) is 0 Å². The van der Waals surface area contributed by atoms with Crippen molar-refractivity contribution in [3.8, 4) is 0 Å². The lowest BCUT2D eigenvalue weighted by atomic mass is 10.0. The maximum Gasteiger partial charge on any atom is 0.0952 e. The summed E-state index contributed by atoms with van der Waals surface area (Å²) in [4.78, 5) is 4.34. The summed E-state index contributed by atoms with van der Waals surface area (Å²) >= 11 is 0. The standard InChI is InChI=1S/C13H21N3O/c1-2-6-15-12(5-1)13-8-14-10-16(13)11-4-3-7-17-9-11/h8,10-12,15H,1-7,9H2. The summed E-state index contributed by atoms with van der Waals surface area (Å²) in [5.74, 6) is 0. The van der Waals surface area contributed by atoms with Crippen molar-refractivity contribution in [3.05, 3.63) is 18.2 Å². The highest BCUT2D eigenvalue weighted by atomic mass is 16.5. The molecule has 94 valence electrons. The molecule has 3 heterocycles. The average molecular weight is 235 g/mol. The van der Waals surface area contributed by atoms with Crippen LogP contribution < -0.4 is 5.32 Å². The second-order valence-corrected chi connectivity index (χ2v) is 5.10. The van der Waals surface area contributed by atoms with Gasteiger partial charge in [0, 0.05) is 18.8 Å². The van der Waals surface area contributed by atoms with E-state index in [1.54, 1.807) is 0 Å². The Morgan fingerprint density at radius 3 is 3.06 bits per heavy atom. The Labute approximate surface area is 102 Å². The fourth-order valence-electron chi connectivity index (χ4n) is 2.94. The molecule has 0 radical (unpaired) electrons. The van der Waals surface area contributed by atoms with Gasteiger partial charge in [0.05, 0.1) is 24.7 Å². The molecule has 2 saturated heterocycles. The number of aromatic nitrogens is 2. The first-order valence-electron chi connectivity index (χ1n) is 6.78. The average Bonchev–Trinajstić information content (AvgIpc) is 2.90. The van der Waals surface area contributed by atoms with Crippen molar-refractivity contribution in [2.75, 3.05) is 19.8 Å². The molecule has 3 rings (SSSR count). The lowest BCUT2D eigenvalue weighted by Crippen LogP contribution is -2.30. The third-order valence-electron chi connectivity index (χ3n) is 3.89. The molecule has 4 heteroatoms. The number of rotatable bonds is 2. The number of piperidine rings is 1. The molecule has 2 fully saturated rings. The van der Waals surface area contributed by atoms with Gasteiger partial charge in [-0.05, 0) is 32.2 Å². The van der Waals surface area contributed by atoms with Gasteiger partial charge < -0.3 is 14.6 Å². The molecular weight excluding hydrogens is 214 g/mol. The lowest BCUT2D eigenvalue weighted by Gasteiger charge is -2.29. The summed E-state index contributed by atoms with van der Waals surface area (Å²) in [6.45, 7) is 2.90. The summed E-state index contributed by atoms with van der Waals surface area (Å²) < 4.78 is 7.91. The van der Waals surface area contributed by atoms with Crippen molar-refractivity contribution >= 4 is 0 Å². The molecule has 1 aromatic heterocycles. The smallest absolute Gasteiger partial charge is 0.0952 e. The molecule has 2 aliphatic heterocycles. The highest BCUT2D eigenvalue weighted by molar-refractivity contribution is 5.08. The minimum atomic E-state index is 0.491. The third kappa shape index (κ3) is 2.38. The third-order valence-corrected chi connectivity index (χ3v) is 3.89. The Bertz CT molecular complexity index is 319. The van der Waals surface area contributed by atoms with Crippen LogP contribution in [0.5, 0.6) is 0 Å². The van der Waals surface area contributed by atoms with Crippen LogP contribution in [0.3, 0.4) is 0 Å². The monoisotopic (exact) mass is 235 g/mol. The van der Waals surface area contributed by atoms with Crippen LogP contribution in [0.25, 0.3) is 0 Å². The molecule has 0 aliphatic carbocycles. The van der Waals surface area contributed by atoms with Crippen LogP contribution in [0.15, 0.2) is 12.5 Å². The zero-order valence-electron chi connectivity index (χ0n) is 10.3.